The highest BCUT2D eigenvalue weighted by molar-refractivity contribution is 5.55. The molecule has 0 N–H and O–H groups in total. The number of hydrogen-bond donors (Lipinski definition) is 0. The van der Waals surface area contributed by atoms with Gasteiger partial charge in [-0.3, -0.25) is 0 Å². The van der Waals surface area contributed by atoms with Crippen LogP contribution in [-0.2, 0) is 4.79 Å². The molecule has 0 unspecified atom stereocenters. The van der Waals surface area contributed by atoms with Crippen LogP contribution in [0.5, 0.6) is 0 Å². The Labute approximate surface area is 62.4 Å². The molecule has 1 aliphatic heterocycles. The van der Waals surface area contributed by atoms with Crippen molar-refractivity contribution in [2.24, 2.45) is 10.2 Å². The first-order chi connectivity index (χ1) is 5.42. The van der Waals surface area contributed by atoms with Crippen LogP contribution >= 0.6 is 0 Å². The molecule has 51 valence electrons. The zero-order valence-electron chi connectivity index (χ0n) is 5.53. The van der Waals surface area contributed by atoms with Crippen molar-refractivity contribution >= 4 is 17.8 Å². The Morgan fingerprint density at radius 1 is 1.45 bits per heavy atom. The van der Waals surface area contributed by atoms with E-state index in [0.717, 1.165) is 0 Å². The average molecular weight is 143 g/mol. The lowest BCUT2D eigenvalue weighted by Crippen LogP contribution is -2.23. The number of azo groups is 1. The lowest BCUT2D eigenvalue weighted by atomic mass is 10.2. The Morgan fingerprint density at radius 3 is 3.18 bits per heavy atom. The van der Waals surface area contributed by atoms with Crippen molar-refractivity contribution in [1.82, 2.24) is 0 Å². The summed E-state index contributed by atoms with van der Waals surface area (Å²) in [6.07, 6.45) is 2.62. The van der Waals surface area contributed by atoms with Gasteiger partial charge in [-0.2, -0.15) is 0 Å². The third-order valence-corrected chi connectivity index (χ3v) is 1.47. The van der Waals surface area contributed by atoms with Crippen LogP contribution in [0.15, 0.2) is 28.4 Å². The van der Waals surface area contributed by atoms with Gasteiger partial charge in [0.1, 0.15) is 12.1 Å². The molecule has 1 aliphatic rings. The van der Waals surface area contributed by atoms with E-state index in [1.54, 1.807) is 24.1 Å². The Morgan fingerprint density at radius 2 is 2.36 bits per heavy atom. The lowest BCUT2D eigenvalue weighted by molar-refractivity contribution is 0.567. The molecule has 2 rings (SSSR count). The maximum atomic E-state index is 10.3. The molecule has 0 aliphatic carbocycles. The van der Waals surface area contributed by atoms with Crippen molar-refractivity contribution in [3.63, 3.8) is 0 Å². The van der Waals surface area contributed by atoms with Crippen LogP contribution in [-0.4, -0.2) is 5.94 Å². The highest BCUT2D eigenvalue weighted by Crippen LogP contribution is 2.06. The number of hydrogen-bond acceptors (Lipinski definition) is 3. The van der Waals surface area contributed by atoms with Gasteiger partial charge in [-0.25, -0.2) is 4.79 Å². The van der Waals surface area contributed by atoms with E-state index in [9.17, 15) is 4.79 Å². The second-order valence-electron chi connectivity index (χ2n) is 2.11. The molecule has 0 saturated carbocycles. The van der Waals surface area contributed by atoms with E-state index < -0.39 is 0 Å². The van der Waals surface area contributed by atoms with Crippen molar-refractivity contribution in [2.75, 3.05) is 0 Å². The maximum Gasteiger partial charge on any atom is 0.133 e. The SMILES string of the molecule is O=C=c1cccc2c1=[C]N=N2. The topological polar surface area (TPSA) is 41.8 Å². The lowest BCUT2D eigenvalue weighted by Gasteiger charge is -1.84. The van der Waals surface area contributed by atoms with Gasteiger partial charge >= 0.3 is 0 Å². The van der Waals surface area contributed by atoms with Gasteiger partial charge in [0.15, 0.2) is 0 Å². The fourth-order valence-corrected chi connectivity index (χ4v) is 0.955. The first kappa shape index (κ1) is 6.01. The van der Waals surface area contributed by atoms with E-state index >= 15 is 0 Å². The molecule has 0 bridgehead atoms. The zero-order chi connectivity index (χ0) is 7.68. The number of rotatable bonds is 0. The third-order valence-electron chi connectivity index (χ3n) is 1.47. The zero-order valence-corrected chi connectivity index (χ0v) is 5.53. The molecule has 3 heteroatoms. The van der Waals surface area contributed by atoms with Gasteiger partial charge < -0.3 is 0 Å². The van der Waals surface area contributed by atoms with Gasteiger partial charge in [0, 0.05) is 0 Å². The summed E-state index contributed by atoms with van der Waals surface area (Å²) >= 11 is 0. The minimum atomic E-state index is 0.465. The molecule has 3 nitrogen and oxygen atoms in total. The molecule has 1 radical (unpaired) electrons. The van der Waals surface area contributed by atoms with E-state index in [4.69, 9.17) is 0 Å². The second kappa shape index (κ2) is 2.15. The van der Waals surface area contributed by atoms with Crippen molar-refractivity contribution in [2.45, 2.75) is 0 Å². The highest BCUT2D eigenvalue weighted by Gasteiger charge is 1.99. The summed E-state index contributed by atoms with van der Waals surface area (Å²) in [6.45, 7) is 0. The standard InChI is InChI=1S/C8H3N2O/c11-5-6-2-1-3-8-7(6)4-9-10-8/h1-3H. The van der Waals surface area contributed by atoms with Crippen LogP contribution in [0.25, 0.3) is 6.20 Å². The van der Waals surface area contributed by atoms with Gasteiger partial charge in [-0.1, -0.05) is 6.07 Å². The van der Waals surface area contributed by atoms with Crippen molar-refractivity contribution < 1.29 is 4.79 Å². The molecule has 0 amide bonds. The molecular weight excluding hydrogens is 140 g/mol. The smallest absolute Gasteiger partial charge is 0.133 e. The normalized spacial score (nSPS) is 12.0. The Bertz CT molecular complexity index is 455. The van der Waals surface area contributed by atoms with E-state index in [2.05, 4.69) is 16.4 Å². The molecule has 1 aromatic carbocycles. The quantitative estimate of drug-likeness (QED) is 0.500. The highest BCUT2D eigenvalue weighted by atomic mass is 16.1. The maximum absolute atomic E-state index is 10.3. The van der Waals surface area contributed by atoms with E-state index in [0.29, 0.717) is 16.1 Å². The molecule has 0 atom stereocenters. The van der Waals surface area contributed by atoms with Crippen LogP contribution in [0.4, 0.5) is 5.69 Å². The predicted molar refractivity (Wildman–Crippen MR) is 38.4 cm³/mol. The Balaban J connectivity index is 3.04. The molecule has 0 saturated heterocycles. The van der Waals surface area contributed by atoms with Crippen LogP contribution in [0.1, 0.15) is 0 Å². The van der Waals surface area contributed by atoms with Crippen LogP contribution < -0.4 is 10.4 Å². The van der Waals surface area contributed by atoms with Crippen LogP contribution in [0.2, 0.25) is 0 Å². The van der Waals surface area contributed by atoms with Crippen LogP contribution in [0, 0.1) is 0 Å². The Hall–Kier alpha value is -1.73. The van der Waals surface area contributed by atoms with E-state index in [1.807, 2.05) is 0 Å². The Kier molecular flexibility index (Phi) is 1.17. The van der Waals surface area contributed by atoms with Crippen molar-refractivity contribution in [3.8, 4) is 0 Å². The summed E-state index contributed by atoms with van der Waals surface area (Å²) in [5.41, 5.74) is 0.686. The summed E-state index contributed by atoms with van der Waals surface area (Å²) in [5.74, 6) is 1.79. The number of fused-ring (bicyclic) bond motifs is 1. The molecule has 0 spiro atoms. The van der Waals surface area contributed by atoms with Gasteiger partial charge in [0.05, 0.1) is 16.1 Å². The molecule has 1 aromatic rings. The van der Waals surface area contributed by atoms with E-state index in [1.165, 1.54) is 0 Å². The fourth-order valence-electron chi connectivity index (χ4n) is 0.955. The van der Waals surface area contributed by atoms with Gasteiger partial charge in [-0.05, 0) is 12.1 Å². The van der Waals surface area contributed by atoms with Gasteiger partial charge in [-0.15, -0.1) is 10.2 Å². The predicted octanol–water partition coefficient (Wildman–Crippen LogP) is -0.0979. The van der Waals surface area contributed by atoms with Gasteiger partial charge in [0.2, 0.25) is 0 Å². The summed E-state index contributed by atoms with van der Waals surface area (Å²) < 4.78 is 0. The molecule has 0 aromatic heterocycles. The second-order valence-corrected chi connectivity index (χ2v) is 2.11. The number of benzene rings is 1. The molecule has 1 heterocycles. The first-order valence-electron chi connectivity index (χ1n) is 3.10. The largest absolute Gasteiger partial charge is 0.233 e. The molecule has 0 fully saturated rings. The minimum Gasteiger partial charge on any atom is -0.233 e. The summed E-state index contributed by atoms with van der Waals surface area (Å²) in [6, 6.07) is 5.18. The van der Waals surface area contributed by atoms with Crippen LogP contribution in [0.3, 0.4) is 0 Å². The molecular formula is C8H3N2O. The van der Waals surface area contributed by atoms with Gasteiger partial charge in [0.25, 0.3) is 0 Å². The van der Waals surface area contributed by atoms with Crippen molar-refractivity contribution in [3.05, 3.63) is 28.6 Å². The fraction of sp³-hybridized carbons (Fsp3) is 0. The average Bonchev–Trinajstić information content (AvgIpc) is 2.50. The summed E-state index contributed by atoms with van der Waals surface area (Å²) in [5, 5.41) is 8.41. The molecule has 11 heavy (non-hydrogen) atoms. The van der Waals surface area contributed by atoms with Crippen molar-refractivity contribution in [1.29, 1.82) is 0 Å². The summed E-state index contributed by atoms with van der Waals surface area (Å²) in [7, 11) is 0. The number of carbonyl (C=O) groups excluding carboxylic acids is 1. The summed E-state index contributed by atoms with van der Waals surface area (Å²) in [4.78, 5) is 10.3. The minimum absolute atomic E-state index is 0.465. The third kappa shape index (κ3) is 0.791. The monoisotopic (exact) mass is 143 g/mol. The number of nitrogens with zero attached hydrogens (tertiary/aromatic N) is 2. The van der Waals surface area contributed by atoms with E-state index in [-0.39, 0.29) is 0 Å². The first-order valence-corrected chi connectivity index (χ1v) is 3.10.